The molecule has 0 unspecified atom stereocenters. The predicted octanol–water partition coefficient (Wildman–Crippen LogP) is 2.01. The fourth-order valence-electron chi connectivity index (χ4n) is 2.81. The fraction of sp³-hybridized carbons (Fsp3) is 0.571. The maximum absolute atomic E-state index is 13.5. The highest BCUT2D eigenvalue weighted by Gasteiger charge is 2.57. The summed E-state index contributed by atoms with van der Waals surface area (Å²) in [6.07, 6.45) is -5.03. The molecule has 2 heterocycles. The normalized spacial score (nSPS) is 20.8. The third kappa shape index (κ3) is 3.05. The van der Waals surface area contributed by atoms with Crippen molar-refractivity contribution >= 4 is 10.0 Å². The number of benzene rings is 1. The Morgan fingerprint density at radius 1 is 1.13 bits per heavy atom. The summed E-state index contributed by atoms with van der Waals surface area (Å²) < 4.78 is 77.4. The van der Waals surface area contributed by atoms with Crippen molar-refractivity contribution < 1.29 is 31.1 Å². The predicted molar refractivity (Wildman–Crippen MR) is 74.8 cm³/mol. The van der Waals surface area contributed by atoms with E-state index in [1.165, 1.54) is 18.2 Å². The number of sulfonamides is 1. The Bertz CT molecular complexity index is 696. The number of hydrogen-bond acceptors (Lipinski definition) is 4. The van der Waals surface area contributed by atoms with Crippen LogP contribution in [-0.2, 0) is 21.2 Å². The van der Waals surface area contributed by atoms with Gasteiger partial charge in [0.2, 0.25) is 10.0 Å². The van der Waals surface area contributed by atoms with Gasteiger partial charge < -0.3 is 9.47 Å². The SMILES string of the molecule is O=S(=O)(NC1(C(F)(F)F)CCOCC1)c1ccc2c(c1)CCO2. The van der Waals surface area contributed by atoms with E-state index < -0.39 is 34.6 Å². The van der Waals surface area contributed by atoms with Crippen molar-refractivity contribution in [1.29, 1.82) is 0 Å². The third-order valence-electron chi connectivity index (χ3n) is 4.19. The summed E-state index contributed by atoms with van der Waals surface area (Å²) in [5.41, 5.74) is -1.81. The molecule has 0 amide bonds. The molecule has 9 heteroatoms. The van der Waals surface area contributed by atoms with Crippen LogP contribution in [0.4, 0.5) is 13.2 Å². The van der Waals surface area contributed by atoms with Gasteiger partial charge in [-0.1, -0.05) is 0 Å². The van der Waals surface area contributed by atoms with Crippen molar-refractivity contribution in [2.45, 2.75) is 35.9 Å². The van der Waals surface area contributed by atoms with E-state index >= 15 is 0 Å². The zero-order chi connectivity index (χ0) is 16.7. The maximum Gasteiger partial charge on any atom is 0.407 e. The summed E-state index contributed by atoms with van der Waals surface area (Å²) in [5, 5.41) is 0. The molecule has 0 aromatic heterocycles. The summed E-state index contributed by atoms with van der Waals surface area (Å²) >= 11 is 0. The van der Waals surface area contributed by atoms with Crippen LogP contribution in [0.25, 0.3) is 0 Å². The number of alkyl halides is 3. The van der Waals surface area contributed by atoms with Crippen LogP contribution in [0.5, 0.6) is 5.75 Å². The Balaban J connectivity index is 1.93. The maximum atomic E-state index is 13.5. The quantitative estimate of drug-likeness (QED) is 0.905. The molecule has 0 spiro atoms. The van der Waals surface area contributed by atoms with Gasteiger partial charge in [-0.15, -0.1) is 0 Å². The molecule has 5 nitrogen and oxygen atoms in total. The Morgan fingerprint density at radius 2 is 1.83 bits per heavy atom. The highest BCUT2D eigenvalue weighted by molar-refractivity contribution is 7.89. The van der Waals surface area contributed by atoms with Crippen LogP contribution >= 0.6 is 0 Å². The molecule has 0 bridgehead atoms. The average Bonchev–Trinajstić information content (AvgIpc) is 2.94. The molecular formula is C14H16F3NO4S. The van der Waals surface area contributed by atoms with Gasteiger partial charge in [-0.05, 0) is 36.6 Å². The first kappa shape index (κ1) is 16.5. The van der Waals surface area contributed by atoms with E-state index in [0.29, 0.717) is 24.3 Å². The van der Waals surface area contributed by atoms with E-state index in [-0.39, 0.29) is 18.1 Å². The molecule has 0 saturated carbocycles. The molecule has 1 saturated heterocycles. The lowest BCUT2D eigenvalue weighted by atomic mass is 9.91. The van der Waals surface area contributed by atoms with Crippen molar-refractivity contribution in [3.8, 4) is 5.75 Å². The number of halogens is 3. The van der Waals surface area contributed by atoms with E-state index in [4.69, 9.17) is 9.47 Å². The average molecular weight is 351 g/mol. The van der Waals surface area contributed by atoms with Crippen LogP contribution in [0.3, 0.4) is 0 Å². The number of fused-ring (bicyclic) bond motifs is 1. The summed E-state index contributed by atoms with van der Waals surface area (Å²) in [4.78, 5) is -0.183. The van der Waals surface area contributed by atoms with E-state index in [1.54, 1.807) is 0 Å². The fourth-order valence-corrected chi connectivity index (χ4v) is 4.31. The van der Waals surface area contributed by atoms with Gasteiger partial charge in [-0.3, -0.25) is 0 Å². The van der Waals surface area contributed by atoms with Crippen LogP contribution in [-0.4, -0.2) is 40.0 Å². The first-order valence-electron chi connectivity index (χ1n) is 7.18. The van der Waals surface area contributed by atoms with Crippen LogP contribution in [0.15, 0.2) is 23.1 Å². The van der Waals surface area contributed by atoms with Gasteiger partial charge in [0, 0.05) is 19.6 Å². The first-order valence-corrected chi connectivity index (χ1v) is 8.66. The van der Waals surface area contributed by atoms with Crippen molar-refractivity contribution in [3.05, 3.63) is 23.8 Å². The minimum atomic E-state index is -4.69. The second-order valence-electron chi connectivity index (χ2n) is 5.67. The second kappa shape index (κ2) is 5.64. The van der Waals surface area contributed by atoms with E-state index in [1.807, 2.05) is 4.72 Å². The lowest BCUT2D eigenvalue weighted by molar-refractivity contribution is -0.210. The standard InChI is InChI=1S/C14H16F3NO4S/c15-14(16,17)13(4-7-21-8-5-13)18-23(19,20)11-1-2-12-10(9-11)3-6-22-12/h1-2,9,18H,3-8H2. The molecule has 1 aromatic rings. The summed E-state index contributed by atoms with van der Waals surface area (Å²) in [7, 11) is -4.30. The van der Waals surface area contributed by atoms with Gasteiger partial charge >= 0.3 is 6.18 Å². The molecule has 0 atom stereocenters. The van der Waals surface area contributed by atoms with Crippen molar-refractivity contribution in [2.75, 3.05) is 19.8 Å². The van der Waals surface area contributed by atoms with Crippen LogP contribution in [0.1, 0.15) is 18.4 Å². The molecule has 1 N–H and O–H groups in total. The van der Waals surface area contributed by atoms with E-state index in [2.05, 4.69) is 0 Å². The van der Waals surface area contributed by atoms with Crippen molar-refractivity contribution in [3.63, 3.8) is 0 Å². The molecule has 1 aromatic carbocycles. The van der Waals surface area contributed by atoms with Crippen molar-refractivity contribution in [1.82, 2.24) is 4.72 Å². The molecule has 0 radical (unpaired) electrons. The third-order valence-corrected chi connectivity index (χ3v) is 5.72. The second-order valence-corrected chi connectivity index (χ2v) is 7.35. The minimum Gasteiger partial charge on any atom is -0.493 e. The van der Waals surface area contributed by atoms with Crippen LogP contribution in [0.2, 0.25) is 0 Å². The molecule has 128 valence electrons. The zero-order valence-corrected chi connectivity index (χ0v) is 13.0. The molecule has 1 fully saturated rings. The largest absolute Gasteiger partial charge is 0.493 e. The number of hydrogen-bond donors (Lipinski definition) is 1. The number of ether oxygens (including phenoxy) is 2. The molecule has 2 aliphatic heterocycles. The van der Waals surface area contributed by atoms with Crippen molar-refractivity contribution in [2.24, 2.45) is 0 Å². The topological polar surface area (TPSA) is 64.6 Å². The molecule has 23 heavy (non-hydrogen) atoms. The summed E-state index contributed by atoms with van der Waals surface area (Å²) in [5.74, 6) is 0.570. The highest BCUT2D eigenvalue weighted by atomic mass is 32.2. The number of rotatable bonds is 3. The minimum absolute atomic E-state index is 0.139. The van der Waals surface area contributed by atoms with Crippen LogP contribution in [0, 0.1) is 0 Å². The molecular weight excluding hydrogens is 335 g/mol. The molecule has 2 aliphatic rings. The van der Waals surface area contributed by atoms with Gasteiger partial charge in [0.1, 0.15) is 11.3 Å². The summed E-state index contributed by atoms with van der Waals surface area (Å²) in [6.45, 7) is 0.163. The molecule has 0 aliphatic carbocycles. The van der Waals surface area contributed by atoms with Gasteiger partial charge in [0.15, 0.2) is 0 Å². The van der Waals surface area contributed by atoms with Gasteiger partial charge in [-0.25, -0.2) is 8.42 Å². The summed E-state index contributed by atoms with van der Waals surface area (Å²) in [6, 6.07) is 4.10. The Kier molecular flexibility index (Phi) is 4.06. The lowest BCUT2D eigenvalue weighted by Crippen LogP contribution is -2.61. The Morgan fingerprint density at radius 3 is 2.48 bits per heavy atom. The van der Waals surface area contributed by atoms with E-state index in [9.17, 15) is 21.6 Å². The van der Waals surface area contributed by atoms with Crippen LogP contribution < -0.4 is 9.46 Å². The van der Waals surface area contributed by atoms with Gasteiger partial charge in [-0.2, -0.15) is 17.9 Å². The lowest BCUT2D eigenvalue weighted by Gasteiger charge is -2.38. The monoisotopic (exact) mass is 351 g/mol. The van der Waals surface area contributed by atoms with Gasteiger partial charge in [0.25, 0.3) is 0 Å². The number of nitrogens with one attached hydrogen (secondary N) is 1. The smallest absolute Gasteiger partial charge is 0.407 e. The Hall–Kier alpha value is -1.32. The zero-order valence-electron chi connectivity index (χ0n) is 12.1. The van der Waals surface area contributed by atoms with E-state index in [0.717, 1.165) is 0 Å². The first-order chi connectivity index (χ1) is 10.7. The highest BCUT2D eigenvalue weighted by Crippen LogP contribution is 2.39. The Labute approximate surface area is 131 Å². The van der Waals surface area contributed by atoms with Gasteiger partial charge in [0.05, 0.1) is 11.5 Å². The molecule has 3 rings (SSSR count).